The maximum absolute atomic E-state index is 12.6. The van der Waals surface area contributed by atoms with Gasteiger partial charge in [-0.15, -0.1) is 0 Å². The standard InChI is InChI=1S/C17H9F3N2/c18-17(19,20)12-6-4-11(5-7-12)14-2-1-3-16-15(14)9-8-13(10-21)22-16/h1-9H. The summed E-state index contributed by atoms with van der Waals surface area (Å²) in [7, 11) is 0. The van der Waals surface area contributed by atoms with Gasteiger partial charge in [-0.25, -0.2) is 4.98 Å². The van der Waals surface area contributed by atoms with Crippen LogP contribution < -0.4 is 0 Å². The molecular formula is C17H9F3N2. The number of rotatable bonds is 1. The van der Waals surface area contributed by atoms with Crippen molar-refractivity contribution in [2.45, 2.75) is 6.18 Å². The van der Waals surface area contributed by atoms with Crippen LogP contribution in [0.3, 0.4) is 0 Å². The first-order valence-electron chi connectivity index (χ1n) is 6.46. The largest absolute Gasteiger partial charge is 0.416 e. The van der Waals surface area contributed by atoms with Crippen molar-refractivity contribution < 1.29 is 13.2 Å². The number of hydrogen-bond acceptors (Lipinski definition) is 2. The molecule has 0 spiro atoms. The molecular weight excluding hydrogens is 289 g/mol. The molecule has 0 saturated carbocycles. The van der Waals surface area contributed by atoms with Crippen molar-refractivity contribution in [1.29, 1.82) is 5.26 Å². The lowest BCUT2D eigenvalue weighted by Crippen LogP contribution is -2.04. The Kier molecular flexibility index (Phi) is 3.30. The zero-order valence-electron chi connectivity index (χ0n) is 11.2. The fourth-order valence-corrected chi connectivity index (χ4v) is 2.31. The molecule has 2 nitrogen and oxygen atoms in total. The number of hydrogen-bond donors (Lipinski definition) is 0. The molecule has 108 valence electrons. The molecule has 2 aromatic carbocycles. The Morgan fingerprint density at radius 2 is 1.64 bits per heavy atom. The number of fused-ring (bicyclic) bond motifs is 1. The topological polar surface area (TPSA) is 36.7 Å². The summed E-state index contributed by atoms with van der Waals surface area (Å²) in [6.45, 7) is 0. The number of nitriles is 1. The lowest BCUT2D eigenvalue weighted by atomic mass is 9.99. The van der Waals surface area contributed by atoms with Gasteiger partial charge in [0.2, 0.25) is 0 Å². The van der Waals surface area contributed by atoms with Crippen LogP contribution in [-0.2, 0) is 6.18 Å². The minimum atomic E-state index is -4.35. The van der Waals surface area contributed by atoms with E-state index in [9.17, 15) is 13.2 Å². The molecule has 0 aliphatic heterocycles. The van der Waals surface area contributed by atoms with Crippen LogP contribution >= 0.6 is 0 Å². The van der Waals surface area contributed by atoms with E-state index in [0.717, 1.165) is 23.1 Å². The number of halogens is 3. The van der Waals surface area contributed by atoms with E-state index in [1.165, 1.54) is 12.1 Å². The zero-order valence-corrected chi connectivity index (χ0v) is 11.2. The Balaban J connectivity index is 2.12. The van der Waals surface area contributed by atoms with Crippen molar-refractivity contribution >= 4 is 10.9 Å². The predicted octanol–water partition coefficient (Wildman–Crippen LogP) is 4.79. The van der Waals surface area contributed by atoms with E-state index in [1.807, 2.05) is 12.1 Å². The van der Waals surface area contributed by atoms with Crippen LogP contribution in [0.25, 0.3) is 22.0 Å². The highest BCUT2D eigenvalue weighted by molar-refractivity contribution is 5.94. The van der Waals surface area contributed by atoms with Crippen molar-refractivity contribution in [1.82, 2.24) is 4.98 Å². The second kappa shape index (κ2) is 5.15. The van der Waals surface area contributed by atoms with Crippen LogP contribution in [0.5, 0.6) is 0 Å². The molecule has 0 fully saturated rings. The van der Waals surface area contributed by atoms with E-state index in [-0.39, 0.29) is 0 Å². The van der Waals surface area contributed by atoms with Crippen LogP contribution in [-0.4, -0.2) is 4.98 Å². The van der Waals surface area contributed by atoms with Gasteiger partial charge in [0.25, 0.3) is 0 Å². The van der Waals surface area contributed by atoms with Gasteiger partial charge in [-0.2, -0.15) is 18.4 Å². The number of benzene rings is 2. The summed E-state index contributed by atoms with van der Waals surface area (Å²) in [5.74, 6) is 0. The molecule has 1 aromatic heterocycles. The third-order valence-electron chi connectivity index (χ3n) is 3.37. The second-order valence-electron chi connectivity index (χ2n) is 4.76. The summed E-state index contributed by atoms with van der Waals surface area (Å²) in [6.07, 6.45) is -4.35. The Labute approximate surface area is 124 Å². The zero-order chi connectivity index (χ0) is 15.7. The fraction of sp³-hybridized carbons (Fsp3) is 0.0588. The van der Waals surface area contributed by atoms with Crippen molar-refractivity contribution in [2.75, 3.05) is 0 Å². The van der Waals surface area contributed by atoms with E-state index in [0.29, 0.717) is 16.8 Å². The molecule has 0 radical (unpaired) electrons. The van der Waals surface area contributed by atoms with Crippen LogP contribution in [0.15, 0.2) is 54.6 Å². The van der Waals surface area contributed by atoms with Gasteiger partial charge in [-0.05, 0) is 41.5 Å². The first-order valence-corrected chi connectivity index (χ1v) is 6.46. The van der Waals surface area contributed by atoms with Crippen LogP contribution in [0.1, 0.15) is 11.3 Å². The van der Waals surface area contributed by atoms with Gasteiger partial charge in [0, 0.05) is 5.39 Å². The molecule has 0 saturated heterocycles. The summed E-state index contributed by atoms with van der Waals surface area (Å²) < 4.78 is 37.9. The Hall–Kier alpha value is -2.87. The summed E-state index contributed by atoms with van der Waals surface area (Å²) in [6, 6.07) is 15.7. The lowest BCUT2D eigenvalue weighted by molar-refractivity contribution is -0.137. The molecule has 0 bridgehead atoms. The minimum Gasteiger partial charge on any atom is -0.237 e. The fourth-order valence-electron chi connectivity index (χ4n) is 2.31. The molecule has 3 rings (SSSR count). The quantitative estimate of drug-likeness (QED) is 0.647. The highest BCUT2D eigenvalue weighted by atomic mass is 19.4. The molecule has 5 heteroatoms. The molecule has 0 atom stereocenters. The molecule has 0 N–H and O–H groups in total. The highest BCUT2D eigenvalue weighted by Gasteiger charge is 2.30. The van der Waals surface area contributed by atoms with Crippen molar-refractivity contribution in [3.63, 3.8) is 0 Å². The molecule has 0 aliphatic rings. The van der Waals surface area contributed by atoms with Crippen LogP contribution in [0.2, 0.25) is 0 Å². The number of aromatic nitrogens is 1. The van der Waals surface area contributed by atoms with Gasteiger partial charge < -0.3 is 0 Å². The molecule has 0 unspecified atom stereocenters. The van der Waals surface area contributed by atoms with Gasteiger partial charge in [-0.1, -0.05) is 24.3 Å². The normalized spacial score (nSPS) is 11.4. The van der Waals surface area contributed by atoms with E-state index in [2.05, 4.69) is 4.98 Å². The summed E-state index contributed by atoms with van der Waals surface area (Å²) in [5, 5.41) is 9.66. The smallest absolute Gasteiger partial charge is 0.237 e. The van der Waals surface area contributed by atoms with Gasteiger partial charge in [0.1, 0.15) is 11.8 Å². The van der Waals surface area contributed by atoms with Gasteiger partial charge >= 0.3 is 6.18 Å². The highest BCUT2D eigenvalue weighted by Crippen LogP contribution is 2.33. The van der Waals surface area contributed by atoms with Crippen LogP contribution in [0, 0.1) is 11.3 Å². The summed E-state index contributed by atoms with van der Waals surface area (Å²) in [4.78, 5) is 4.20. The Morgan fingerprint density at radius 1 is 0.909 bits per heavy atom. The number of nitrogens with zero attached hydrogens (tertiary/aromatic N) is 2. The third kappa shape index (κ3) is 2.51. The van der Waals surface area contributed by atoms with Gasteiger partial charge in [0.15, 0.2) is 0 Å². The van der Waals surface area contributed by atoms with Crippen LogP contribution in [0.4, 0.5) is 13.2 Å². The maximum Gasteiger partial charge on any atom is 0.416 e. The predicted molar refractivity (Wildman–Crippen MR) is 76.9 cm³/mol. The molecule has 22 heavy (non-hydrogen) atoms. The third-order valence-corrected chi connectivity index (χ3v) is 3.37. The summed E-state index contributed by atoms with van der Waals surface area (Å²) in [5.41, 5.74) is 1.71. The first kappa shape index (κ1) is 14.1. The Morgan fingerprint density at radius 3 is 2.27 bits per heavy atom. The monoisotopic (exact) mass is 298 g/mol. The average Bonchev–Trinajstić information content (AvgIpc) is 2.53. The minimum absolute atomic E-state index is 0.303. The van der Waals surface area contributed by atoms with Gasteiger partial charge in [-0.3, -0.25) is 0 Å². The summed E-state index contributed by atoms with van der Waals surface area (Å²) >= 11 is 0. The molecule has 3 aromatic rings. The first-order chi connectivity index (χ1) is 10.5. The molecule has 0 aliphatic carbocycles. The van der Waals surface area contributed by atoms with Crippen molar-refractivity contribution in [2.24, 2.45) is 0 Å². The SMILES string of the molecule is N#Cc1ccc2c(-c3ccc(C(F)(F)F)cc3)cccc2n1. The second-order valence-corrected chi connectivity index (χ2v) is 4.76. The average molecular weight is 298 g/mol. The lowest BCUT2D eigenvalue weighted by Gasteiger charge is -2.09. The Bertz CT molecular complexity index is 875. The van der Waals surface area contributed by atoms with Gasteiger partial charge in [0.05, 0.1) is 11.1 Å². The number of pyridine rings is 1. The van der Waals surface area contributed by atoms with E-state index in [4.69, 9.17) is 5.26 Å². The molecule has 0 amide bonds. The molecule has 1 heterocycles. The maximum atomic E-state index is 12.6. The van der Waals surface area contributed by atoms with E-state index in [1.54, 1.807) is 24.3 Å². The van der Waals surface area contributed by atoms with E-state index < -0.39 is 11.7 Å². The van der Waals surface area contributed by atoms with E-state index >= 15 is 0 Å². The van der Waals surface area contributed by atoms with Crippen molar-refractivity contribution in [3.05, 3.63) is 65.9 Å². The number of alkyl halides is 3. The van der Waals surface area contributed by atoms with Crippen molar-refractivity contribution in [3.8, 4) is 17.2 Å².